The van der Waals surface area contributed by atoms with Crippen LogP contribution in [0.5, 0.6) is 0 Å². The maximum absolute atomic E-state index is 13.2. The zero-order valence-electron chi connectivity index (χ0n) is 11.0. The van der Waals surface area contributed by atoms with Gasteiger partial charge >= 0.3 is 0 Å². The fourth-order valence-corrected chi connectivity index (χ4v) is 1.86. The van der Waals surface area contributed by atoms with Crippen molar-refractivity contribution in [3.05, 3.63) is 41.0 Å². The summed E-state index contributed by atoms with van der Waals surface area (Å²) in [7, 11) is 1.79. The lowest BCUT2D eigenvalue weighted by Crippen LogP contribution is -2.15. The summed E-state index contributed by atoms with van der Waals surface area (Å²) in [5, 5.41) is 6.91. The van der Waals surface area contributed by atoms with Crippen LogP contribution in [0.2, 0.25) is 0 Å². The Balaban J connectivity index is 2.33. The Bertz CT molecular complexity index is 648. The minimum atomic E-state index is -0.501. The zero-order valence-corrected chi connectivity index (χ0v) is 11.0. The van der Waals surface area contributed by atoms with Gasteiger partial charge in [0.2, 0.25) is 0 Å². The van der Waals surface area contributed by atoms with Gasteiger partial charge in [-0.2, -0.15) is 5.10 Å². The monoisotopic (exact) mass is 262 g/mol. The molecule has 2 rings (SSSR count). The Hall–Kier alpha value is -2.37. The molecule has 5 nitrogen and oxygen atoms in total. The first-order valence-electron chi connectivity index (χ1n) is 5.76. The van der Waals surface area contributed by atoms with Crippen LogP contribution in [0.3, 0.4) is 0 Å². The van der Waals surface area contributed by atoms with Crippen LogP contribution in [-0.2, 0) is 7.05 Å². The van der Waals surface area contributed by atoms with Gasteiger partial charge in [0.1, 0.15) is 5.82 Å². The molecule has 0 aliphatic heterocycles. The van der Waals surface area contributed by atoms with Crippen molar-refractivity contribution >= 4 is 17.3 Å². The van der Waals surface area contributed by atoms with Gasteiger partial charge in [0.15, 0.2) is 0 Å². The number of anilines is 2. The average Bonchev–Trinajstić information content (AvgIpc) is 2.59. The zero-order chi connectivity index (χ0) is 14.2. The van der Waals surface area contributed by atoms with Crippen molar-refractivity contribution in [1.29, 1.82) is 0 Å². The number of amides is 1. The van der Waals surface area contributed by atoms with Crippen molar-refractivity contribution in [1.82, 2.24) is 9.78 Å². The van der Waals surface area contributed by atoms with E-state index in [4.69, 9.17) is 5.73 Å². The molecule has 0 saturated heterocycles. The molecule has 2 aromatic rings. The summed E-state index contributed by atoms with van der Waals surface area (Å²) in [6.07, 6.45) is 0. The quantitative estimate of drug-likeness (QED) is 0.813. The van der Waals surface area contributed by atoms with Crippen molar-refractivity contribution < 1.29 is 9.18 Å². The summed E-state index contributed by atoms with van der Waals surface area (Å²) in [5.41, 5.74) is 8.16. The summed E-state index contributed by atoms with van der Waals surface area (Å²) in [6, 6.07) is 3.70. The number of hydrogen-bond acceptors (Lipinski definition) is 3. The van der Waals surface area contributed by atoms with Gasteiger partial charge in [0, 0.05) is 12.7 Å². The molecule has 0 unspecified atom stereocenters. The first kappa shape index (κ1) is 13.1. The highest BCUT2D eigenvalue weighted by Gasteiger charge is 2.16. The van der Waals surface area contributed by atoms with Crippen LogP contribution in [-0.4, -0.2) is 15.7 Å². The molecule has 1 amide bonds. The number of carbonyl (C=O) groups is 1. The maximum atomic E-state index is 13.2. The largest absolute Gasteiger partial charge is 0.398 e. The molecule has 0 spiro atoms. The van der Waals surface area contributed by atoms with Crippen LogP contribution in [0.15, 0.2) is 18.2 Å². The molecular weight excluding hydrogens is 247 g/mol. The number of nitrogens with zero attached hydrogens (tertiary/aromatic N) is 2. The Morgan fingerprint density at radius 3 is 2.68 bits per heavy atom. The predicted octanol–water partition coefficient (Wildman–Crippen LogP) is 2.01. The van der Waals surface area contributed by atoms with Crippen LogP contribution >= 0.6 is 0 Å². The number of aromatic nitrogens is 2. The van der Waals surface area contributed by atoms with Gasteiger partial charge in [0.25, 0.3) is 5.91 Å². The highest BCUT2D eigenvalue weighted by atomic mass is 19.1. The molecule has 6 heteroatoms. The number of rotatable bonds is 2. The van der Waals surface area contributed by atoms with E-state index < -0.39 is 11.7 Å². The molecule has 0 aliphatic rings. The van der Waals surface area contributed by atoms with Gasteiger partial charge in [0.05, 0.1) is 22.6 Å². The molecule has 1 heterocycles. The lowest BCUT2D eigenvalue weighted by atomic mass is 10.1. The van der Waals surface area contributed by atoms with Gasteiger partial charge in [-0.1, -0.05) is 0 Å². The molecule has 0 radical (unpaired) electrons. The van der Waals surface area contributed by atoms with E-state index in [1.54, 1.807) is 18.7 Å². The van der Waals surface area contributed by atoms with Crippen LogP contribution in [0.25, 0.3) is 0 Å². The summed E-state index contributed by atoms with van der Waals surface area (Å²) < 4.78 is 14.8. The molecule has 19 heavy (non-hydrogen) atoms. The molecule has 0 fully saturated rings. The van der Waals surface area contributed by atoms with E-state index >= 15 is 0 Å². The lowest BCUT2D eigenvalue weighted by Gasteiger charge is -2.08. The summed E-state index contributed by atoms with van der Waals surface area (Å²) >= 11 is 0. The minimum absolute atomic E-state index is 0.114. The van der Waals surface area contributed by atoms with Crippen LogP contribution < -0.4 is 11.1 Å². The number of aryl methyl sites for hydroxylation is 2. The third-order valence-corrected chi connectivity index (χ3v) is 3.01. The van der Waals surface area contributed by atoms with E-state index in [-0.39, 0.29) is 11.3 Å². The Kier molecular flexibility index (Phi) is 3.25. The summed E-state index contributed by atoms with van der Waals surface area (Å²) in [5.74, 6) is -0.949. The SMILES string of the molecule is Cc1nn(C)c(C)c1NC(=O)c1cc(F)ccc1N. The molecule has 3 N–H and O–H groups in total. The number of hydrogen-bond donors (Lipinski definition) is 2. The highest BCUT2D eigenvalue weighted by molar-refractivity contribution is 6.08. The van der Waals surface area contributed by atoms with Gasteiger partial charge in [-0.3, -0.25) is 9.48 Å². The smallest absolute Gasteiger partial charge is 0.257 e. The van der Waals surface area contributed by atoms with Crippen molar-refractivity contribution in [2.24, 2.45) is 7.05 Å². The molecule has 1 aromatic heterocycles. The van der Waals surface area contributed by atoms with Gasteiger partial charge < -0.3 is 11.1 Å². The van der Waals surface area contributed by atoms with E-state index in [2.05, 4.69) is 10.4 Å². The average molecular weight is 262 g/mol. The van der Waals surface area contributed by atoms with Crippen LogP contribution in [0.1, 0.15) is 21.7 Å². The van der Waals surface area contributed by atoms with Crippen molar-refractivity contribution in [2.45, 2.75) is 13.8 Å². The maximum Gasteiger partial charge on any atom is 0.257 e. The Labute approximate surface area is 110 Å². The van der Waals surface area contributed by atoms with Crippen molar-refractivity contribution in [3.8, 4) is 0 Å². The van der Waals surface area contributed by atoms with Gasteiger partial charge in [-0.05, 0) is 32.0 Å². The fourth-order valence-electron chi connectivity index (χ4n) is 1.86. The van der Waals surface area contributed by atoms with Gasteiger partial charge in [-0.25, -0.2) is 4.39 Å². The lowest BCUT2D eigenvalue weighted by molar-refractivity contribution is 0.102. The van der Waals surface area contributed by atoms with E-state index in [9.17, 15) is 9.18 Å². The first-order valence-corrected chi connectivity index (χ1v) is 5.76. The highest BCUT2D eigenvalue weighted by Crippen LogP contribution is 2.21. The first-order chi connectivity index (χ1) is 8.90. The molecule has 0 atom stereocenters. The molecule has 100 valence electrons. The molecule has 0 saturated carbocycles. The number of carbonyl (C=O) groups excluding carboxylic acids is 1. The molecule has 0 bridgehead atoms. The Morgan fingerprint density at radius 1 is 1.42 bits per heavy atom. The number of benzene rings is 1. The standard InChI is InChI=1S/C13H15FN4O/c1-7-12(8(2)18(3)17-7)16-13(19)10-6-9(14)4-5-11(10)15/h4-6H,15H2,1-3H3,(H,16,19). The number of nitrogens with two attached hydrogens (primary N) is 1. The normalized spacial score (nSPS) is 10.5. The van der Waals surface area contributed by atoms with E-state index in [0.717, 1.165) is 11.8 Å². The second-order valence-corrected chi connectivity index (χ2v) is 4.36. The van der Waals surface area contributed by atoms with Gasteiger partial charge in [-0.15, -0.1) is 0 Å². The van der Waals surface area contributed by atoms with Crippen molar-refractivity contribution in [3.63, 3.8) is 0 Å². The number of halogens is 1. The Morgan fingerprint density at radius 2 is 2.11 bits per heavy atom. The predicted molar refractivity (Wildman–Crippen MR) is 71.4 cm³/mol. The fraction of sp³-hybridized carbons (Fsp3) is 0.231. The van der Waals surface area contributed by atoms with Crippen molar-refractivity contribution in [2.75, 3.05) is 11.1 Å². The number of nitrogen functional groups attached to an aromatic ring is 1. The topological polar surface area (TPSA) is 72.9 Å². The van der Waals surface area contributed by atoms with Crippen LogP contribution in [0, 0.1) is 19.7 Å². The third-order valence-electron chi connectivity index (χ3n) is 3.01. The number of nitrogens with one attached hydrogen (secondary N) is 1. The van der Waals surface area contributed by atoms with E-state index in [1.165, 1.54) is 12.1 Å². The summed E-state index contributed by atoms with van der Waals surface area (Å²) in [6.45, 7) is 3.63. The second-order valence-electron chi connectivity index (χ2n) is 4.36. The third kappa shape index (κ3) is 2.42. The minimum Gasteiger partial charge on any atom is -0.398 e. The second kappa shape index (κ2) is 4.72. The van der Waals surface area contributed by atoms with E-state index in [0.29, 0.717) is 11.4 Å². The molecule has 1 aromatic carbocycles. The summed E-state index contributed by atoms with van der Waals surface area (Å²) in [4.78, 5) is 12.1. The van der Waals surface area contributed by atoms with E-state index in [1.807, 2.05) is 6.92 Å². The molecular formula is C13H15FN4O. The van der Waals surface area contributed by atoms with Crippen LogP contribution in [0.4, 0.5) is 15.8 Å². The molecule has 0 aliphatic carbocycles.